The predicted octanol–water partition coefficient (Wildman–Crippen LogP) is 3.82. The largest absolute Gasteiger partial charge is 0.481 e. The number of aliphatic carboxylic acids is 1. The molecule has 2 aliphatic rings. The standard InChI is InChI=1S/C23H34FN3O3S/c1-15(2)14-27-21(30)18(13-19(28)29)31-22(27)16-7-6-8-17(24)20(16)25-9-11-26(12-10-25)23(3,4)5/h6-8,15,18,22H,9-14H2,1-5H3,(H,28,29)/t18-,22?/m0/s1. The first kappa shape index (κ1) is 23.9. The molecule has 0 radical (unpaired) electrons. The Labute approximate surface area is 188 Å². The van der Waals surface area contributed by atoms with Crippen molar-refractivity contribution in [2.24, 2.45) is 5.92 Å². The van der Waals surface area contributed by atoms with Gasteiger partial charge in [0.25, 0.3) is 0 Å². The summed E-state index contributed by atoms with van der Waals surface area (Å²) in [7, 11) is 0. The lowest BCUT2D eigenvalue weighted by Crippen LogP contribution is -2.53. The predicted molar refractivity (Wildman–Crippen MR) is 123 cm³/mol. The number of thioether (sulfide) groups is 1. The lowest BCUT2D eigenvalue weighted by Gasteiger charge is -2.43. The summed E-state index contributed by atoms with van der Waals surface area (Å²) in [4.78, 5) is 30.5. The fraction of sp³-hybridized carbons (Fsp3) is 0.652. The van der Waals surface area contributed by atoms with E-state index in [2.05, 4.69) is 30.6 Å². The normalized spacial score (nSPS) is 23.1. The highest BCUT2D eigenvalue weighted by Crippen LogP contribution is 2.48. The maximum atomic E-state index is 15.2. The van der Waals surface area contributed by atoms with Crippen LogP contribution in [0.15, 0.2) is 18.2 Å². The minimum Gasteiger partial charge on any atom is -0.481 e. The van der Waals surface area contributed by atoms with Gasteiger partial charge in [0.1, 0.15) is 11.2 Å². The molecular formula is C23H34FN3O3S. The number of benzene rings is 1. The molecular weight excluding hydrogens is 417 g/mol. The number of carboxylic acids is 1. The molecule has 1 amide bonds. The molecule has 1 aromatic carbocycles. The molecule has 8 heteroatoms. The van der Waals surface area contributed by atoms with Gasteiger partial charge in [0.2, 0.25) is 5.91 Å². The van der Waals surface area contributed by atoms with Crippen LogP contribution in [0.2, 0.25) is 0 Å². The number of hydrogen-bond donors (Lipinski definition) is 1. The van der Waals surface area contributed by atoms with E-state index >= 15 is 4.39 Å². The van der Waals surface area contributed by atoms with Gasteiger partial charge in [0.05, 0.1) is 17.4 Å². The van der Waals surface area contributed by atoms with E-state index in [9.17, 15) is 14.7 Å². The van der Waals surface area contributed by atoms with Crippen LogP contribution in [0.25, 0.3) is 0 Å². The zero-order chi connectivity index (χ0) is 22.9. The summed E-state index contributed by atoms with van der Waals surface area (Å²) < 4.78 is 15.2. The number of halogens is 1. The molecule has 2 aliphatic heterocycles. The zero-order valence-corrected chi connectivity index (χ0v) is 19.9. The minimum atomic E-state index is -0.992. The molecule has 2 atom stereocenters. The Morgan fingerprint density at radius 1 is 1.23 bits per heavy atom. The molecule has 1 aromatic rings. The number of para-hydroxylation sites is 1. The van der Waals surface area contributed by atoms with Crippen molar-refractivity contribution in [2.75, 3.05) is 37.6 Å². The maximum Gasteiger partial charge on any atom is 0.305 e. The lowest BCUT2D eigenvalue weighted by molar-refractivity contribution is -0.140. The zero-order valence-electron chi connectivity index (χ0n) is 19.1. The topological polar surface area (TPSA) is 64.1 Å². The van der Waals surface area contributed by atoms with Crippen molar-refractivity contribution in [3.63, 3.8) is 0 Å². The molecule has 0 bridgehead atoms. The van der Waals surface area contributed by atoms with Crippen molar-refractivity contribution in [1.82, 2.24) is 9.80 Å². The quantitative estimate of drug-likeness (QED) is 0.709. The monoisotopic (exact) mass is 451 g/mol. The Balaban J connectivity index is 1.92. The molecule has 172 valence electrons. The van der Waals surface area contributed by atoms with Crippen molar-refractivity contribution in [2.45, 2.75) is 57.2 Å². The SMILES string of the molecule is CC(C)CN1C(=O)[C@H](CC(=O)O)SC1c1cccc(F)c1N1CCN(C(C)(C)C)CC1. The molecule has 2 saturated heterocycles. The first-order valence-corrected chi connectivity index (χ1v) is 11.9. The van der Waals surface area contributed by atoms with Crippen LogP contribution in [0.1, 0.15) is 52.0 Å². The van der Waals surface area contributed by atoms with Gasteiger partial charge in [-0.25, -0.2) is 4.39 Å². The van der Waals surface area contributed by atoms with Crippen LogP contribution in [0, 0.1) is 11.7 Å². The van der Waals surface area contributed by atoms with Crippen molar-refractivity contribution in [3.8, 4) is 0 Å². The van der Waals surface area contributed by atoms with E-state index in [0.717, 1.165) is 18.7 Å². The number of piperazine rings is 1. The van der Waals surface area contributed by atoms with E-state index in [1.807, 2.05) is 19.9 Å². The smallest absolute Gasteiger partial charge is 0.305 e. The molecule has 1 unspecified atom stereocenters. The third-order valence-electron chi connectivity index (χ3n) is 5.89. The summed E-state index contributed by atoms with van der Waals surface area (Å²) >= 11 is 1.33. The van der Waals surface area contributed by atoms with E-state index in [-0.39, 0.29) is 35.0 Å². The van der Waals surface area contributed by atoms with E-state index in [4.69, 9.17) is 0 Å². The number of hydrogen-bond acceptors (Lipinski definition) is 5. The van der Waals surface area contributed by atoms with E-state index in [1.165, 1.54) is 17.8 Å². The third-order valence-corrected chi connectivity index (χ3v) is 7.35. The lowest BCUT2D eigenvalue weighted by atomic mass is 10.0. The molecule has 31 heavy (non-hydrogen) atoms. The number of amides is 1. The Hall–Kier alpha value is -1.80. The number of carbonyl (C=O) groups is 2. The fourth-order valence-corrected chi connectivity index (χ4v) is 5.84. The van der Waals surface area contributed by atoms with Gasteiger partial charge < -0.3 is 14.9 Å². The Bertz CT molecular complexity index is 819. The van der Waals surface area contributed by atoms with Crippen LogP contribution >= 0.6 is 11.8 Å². The van der Waals surface area contributed by atoms with E-state index in [1.54, 1.807) is 11.0 Å². The molecule has 6 nitrogen and oxygen atoms in total. The first-order chi connectivity index (χ1) is 14.5. The second-order valence-corrected chi connectivity index (χ2v) is 11.1. The highest BCUT2D eigenvalue weighted by atomic mass is 32.2. The molecule has 0 saturated carbocycles. The van der Waals surface area contributed by atoms with Gasteiger partial charge in [-0.15, -0.1) is 11.8 Å². The van der Waals surface area contributed by atoms with Gasteiger partial charge in [-0.05, 0) is 32.8 Å². The Morgan fingerprint density at radius 3 is 2.42 bits per heavy atom. The second-order valence-electron chi connectivity index (χ2n) is 9.78. The first-order valence-electron chi connectivity index (χ1n) is 10.9. The molecule has 0 aromatic heterocycles. The number of nitrogens with zero attached hydrogens (tertiary/aromatic N) is 3. The summed E-state index contributed by atoms with van der Waals surface area (Å²) in [5.41, 5.74) is 1.37. The van der Waals surface area contributed by atoms with Crippen molar-refractivity contribution in [1.29, 1.82) is 0 Å². The van der Waals surface area contributed by atoms with Gasteiger partial charge in [0, 0.05) is 43.8 Å². The average molecular weight is 452 g/mol. The van der Waals surface area contributed by atoms with Gasteiger partial charge >= 0.3 is 5.97 Å². The number of anilines is 1. The van der Waals surface area contributed by atoms with Gasteiger partial charge in [-0.3, -0.25) is 14.5 Å². The van der Waals surface area contributed by atoms with Gasteiger partial charge in [-0.2, -0.15) is 0 Å². The third kappa shape index (κ3) is 5.34. The van der Waals surface area contributed by atoms with E-state index < -0.39 is 11.2 Å². The second kappa shape index (κ2) is 9.36. The Morgan fingerprint density at radius 2 is 1.87 bits per heavy atom. The fourth-order valence-electron chi connectivity index (χ4n) is 4.37. The van der Waals surface area contributed by atoms with Crippen LogP contribution in [0.5, 0.6) is 0 Å². The summed E-state index contributed by atoms with van der Waals surface area (Å²) in [6, 6.07) is 5.04. The van der Waals surface area contributed by atoms with Crippen LogP contribution in [0.4, 0.5) is 10.1 Å². The van der Waals surface area contributed by atoms with Crippen molar-refractivity contribution < 1.29 is 19.1 Å². The highest BCUT2D eigenvalue weighted by Gasteiger charge is 2.43. The van der Waals surface area contributed by atoms with Crippen LogP contribution in [-0.2, 0) is 9.59 Å². The molecule has 0 aliphatic carbocycles. The number of carbonyl (C=O) groups excluding carboxylic acids is 1. The minimum absolute atomic E-state index is 0.0655. The van der Waals surface area contributed by atoms with Crippen LogP contribution in [0.3, 0.4) is 0 Å². The van der Waals surface area contributed by atoms with Gasteiger partial charge in [0.15, 0.2) is 0 Å². The summed E-state index contributed by atoms with van der Waals surface area (Å²) in [5.74, 6) is -1.23. The summed E-state index contributed by atoms with van der Waals surface area (Å²) in [6.07, 6.45) is -0.219. The molecule has 2 fully saturated rings. The van der Waals surface area contributed by atoms with E-state index in [0.29, 0.717) is 25.3 Å². The van der Waals surface area contributed by atoms with Crippen LogP contribution in [-0.4, -0.2) is 70.3 Å². The average Bonchev–Trinajstić information content (AvgIpc) is 2.96. The van der Waals surface area contributed by atoms with Crippen LogP contribution < -0.4 is 4.90 Å². The van der Waals surface area contributed by atoms with Crippen molar-refractivity contribution in [3.05, 3.63) is 29.6 Å². The highest BCUT2D eigenvalue weighted by molar-refractivity contribution is 8.01. The van der Waals surface area contributed by atoms with Gasteiger partial charge in [-0.1, -0.05) is 26.0 Å². The maximum absolute atomic E-state index is 15.2. The molecule has 1 N–H and O–H groups in total. The number of carboxylic acid groups (broad SMARTS) is 1. The number of rotatable bonds is 6. The summed E-state index contributed by atoms with van der Waals surface area (Å²) in [5, 5.41) is 8.23. The molecule has 3 rings (SSSR count). The molecule has 0 spiro atoms. The van der Waals surface area contributed by atoms with Crippen molar-refractivity contribution >= 4 is 29.3 Å². The summed E-state index contributed by atoms with van der Waals surface area (Å²) in [6.45, 7) is 14.2. The Kier molecular flexibility index (Phi) is 7.21. The molecule has 2 heterocycles.